The van der Waals surface area contributed by atoms with E-state index in [1.165, 1.54) is 5.70 Å². The van der Waals surface area contributed by atoms with Crippen molar-refractivity contribution in [2.45, 2.75) is 20.8 Å². The first-order valence-electron chi connectivity index (χ1n) is 5.78. The van der Waals surface area contributed by atoms with Gasteiger partial charge in [0.15, 0.2) is 0 Å². The van der Waals surface area contributed by atoms with Crippen LogP contribution in [0.15, 0.2) is 12.3 Å². The van der Waals surface area contributed by atoms with E-state index >= 15 is 0 Å². The number of nitrogens with zero attached hydrogens (tertiary/aromatic N) is 1. The summed E-state index contributed by atoms with van der Waals surface area (Å²) in [5, 5.41) is 3.22. The van der Waals surface area contributed by atoms with Gasteiger partial charge in [-0.2, -0.15) is 0 Å². The zero-order chi connectivity index (χ0) is 11.7. The van der Waals surface area contributed by atoms with Crippen LogP contribution in [0.25, 0.3) is 0 Å². The van der Waals surface area contributed by atoms with Gasteiger partial charge in [-0.15, -0.1) is 0 Å². The largest absolute Gasteiger partial charge is 0.378 e. The number of nitrogens with one attached hydrogen (secondary N) is 1. The predicted molar refractivity (Wildman–Crippen MR) is 66.0 cm³/mol. The van der Waals surface area contributed by atoms with Crippen LogP contribution >= 0.6 is 0 Å². The molecule has 3 heteroatoms. The van der Waals surface area contributed by atoms with Crippen molar-refractivity contribution in [2.75, 3.05) is 39.9 Å². The van der Waals surface area contributed by atoms with Gasteiger partial charge in [0.05, 0.1) is 13.2 Å². The summed E-state index contributed by atoms with van der Waals surface area (Å²) in [7, 11) is 2.07. The lowest BCUT2D eigenvalue weighted by molar-refractivity contribution is 0.119. The van der Waals surface area contributed by atoms with Gasteiger partial charge in [-0.05, 0) is 12.5 Å². The second-order valence-electron chi connectivity index (χ2n) is 4.03. The molecule has 1 N–H and O–H groups in total. The van der Waals surface area contributed by atoms with E-state index < -0.39 is 0 Å². The second kappa shape index (κ2) is 8.74. The van der Waals surface area contributed by atoms with E-state index in [9.17, 15) is 0 Å². The van der Waals surface area contributed by atoms with Gasteiger partial charge < -0.3 is 15.0 Å². The zero-order valence-electron chi connectivity index (χ0n) is 10.7. The van der Waals surface area contributed by atoms with Crippen LogP contribution in [0.4, 0.5) is 0 Å². The maximum Gasteiger partial charge on any atom is 0.0642 e. The Morgan fingerprint density at radius 2 is 2.07 bits per heavy atom. The fraction of sp³-hybridized carbons (Fsp3) is 0.833. The van der Waals surface area contributed by atoms with Crippen molar-refractivity contribution in [1.29, 1.82) is 0 Å². The molecule has 0 amide bonds. The standard InChI is InChI=1S/C12H26N2O/c1-6-13-7-9-15-10-8-14(5)12(4)11(2)3/h11,13H,4,6-10H2,1-3,5H3. The highest BCUT2D eigenvalue weighted by atomic mass is 16.5. The number of hydrogen-bond donors (Lipinski definition) is 1. The first-order chi connectivity index (χ1) is 7.09. The fourth-order valence-corrected chi connectivity index (χ4v) is 1.21. The number of allylic oxidation sites excluding steroid dienone is 1. The van der Waals surface area contributed by atoms with E-state index in [-0.39, 0.29) is 0 Å². The monoisotopic (exact) mass is 214 g/mol. The average molecular weight is 214 g/mol. The van der Waals surface area contributed by atoms with E-state index in [1.807, 2.05) is 0 Å². The minimum Gasteiger partial charge on any atom is -0.378 e. The Morgan fingerprint density at radius 1 is 1.40 bits per heavy atom. The minimum atomic E-state index is 0.511. The molecule has 0 aromatic heterocycles. The molecule has 0 heterocycles. The first-order valence-corrected chi connectivity index (χ1v) is 5.78. The summed E-state index contributed by atoms with van der Waals surface area (Å²) in [5.74, 6) is 0.511. The SMILES string of the molecule is C=C(C(C)C)N(C)CCOCCNCC. The highest BCUT2D eigenvalue weighted by molar-refractivity contribution is 4.95. The molecule has 0 radical (unpaired) electrons. The third-order valence-electron chi connectivity index (χ3n) is 2.40. The van der Waals surface area contributed by atoms with E-state index in [1.54, 1.807) is 0 Å². The molecule has 3 nitrogen and oxygen atoms in total. The Labute approximate surface area is 94.5 Å². The molecule has 0 fully saturated rings. The number of likely N-dealkylation sites (N-methyl/N-ethyl adjacent to an activating group) is 2. The van der Waals surface area contributed by atoms with Gasteiger partial charge in [0, 0.05) is 25.8 Å². The van der Waals surface area contributed by atoms with Gasteiger partial charge >= 0.3 is 0 Å². The number of rotatable bonds is 9. The van der Waals surface area contributed by atoms with E-state index in [4.69, 9.17) is 4.74 Å². The van der Waals surface area contributed by atoms with E-state index in [0.717, 1.165) is 32.8 Å². The summed E-state index contributed by atoms with van der Waals surface area (Å²) >= 11 is 0. The molecular weight excluding hydrogens is 188 g/mol. The Kier molecular flexibility index (Phi) is 8.43. The lowest BCUT2D eigenvalue weighted by Gasteiger charge is -2.24. The van der Waals surface area contributed by atoms with Gasteiger partial charge in [-0.1, -0.05) is 27.4 Å². The van der Waals surface area contributed by atoms with Gasteiger partial charge in [-0.3, -0.25) is 0 Å². The lowest BCUT2D eigenvalue weighted by atomic mass is 10.1. The van der Waals surface area contributed by atoms with E-state index in [2.05, 4.69) is 44.6 Å². The van der Waals surface area contributed by atoms with Crippen LogP contribution in [0.2, 0.25) is 0 Å². The Morgan fingerprint density at radius 3 is 2.60 bits per heavy atom. The molecule has 0 aromatic carbocycles. The van der Waals surface area contributed by atoms with Crippen LogP contribution in [-0.2, 0) is 4.74 Å². The quantitative estimate of drug-likeness (QED) is 0.591. The second-order valence-corrected chi connectivity index (χ2v) is 4.03. The topological polar surface area (TPSA) is 24.5 Å². The third-order valence-corrected chi connectivity index (χ3v) is 2.40. The van der Waals surface area contributed by atoms with Crippen molar-refractivity contribution >= 4 is 0 Å². The molecule has 0 unspecified atom stereocenters. The van der Waals surface area contributed by atoms with Crippen molar-refractivity contribution in [2.24, 2.45) is 5.92 Å². The molecule has 90 valence electrons. The molecular formula is C12H26N2O. The zero-order valence-corrected chi connectivity index (χ0v) is 10.7. The number of ether oxygens (including phenoxy) is 1. The minimum absolute atomic E-state index is 0.511. The van der Waals surface area contributed by atoms with Crippen molar-refractivity contribution in [3.63, 3.8) is 0 Å². The van der Waals surface area contributed by atoms with Crippen molar-refractivity contribution < 1.29 is 4.74 Å². The van der Waals surface area contributed by atoms with Crippen LogP contribution in [0.1, 0.15) is 20.8 Å². The molecule has 0 saturated heterocycles. The Bertz CT molecular complexity index is 169. The van der Waals surface area contributed by atoms with Crippen LogP contribution in [0.3, 0.4) is 0 Å². The normalized spacial score (nSPS) is 10.7. The molecule has 0 spiro atoms. The molecule has 0 aromatic rings. The molecule has 0 aliphatic carbocycles. The fourth-order valence-electron chi connectivity index (χ4n) is 1.21. The smallest absolute Gasteiger partial charge is 0.0642 e. The molecule has 0 aliphatic rings. The molecule has 0 atom stereocenters. The first kappa shape index (κ1) is 14.5. The van der Waals surface area contributed by atoms with Crippen LogP contribution in [0, 0.1) is 5.92 Å². The van der Waals surface area contributed by atoms with Crippen LogP contribution in [0.5, 0.6) is 0 Å². The molecule has 0 rings (SSSR count). The maximum absolute atomic E-state index is 5.49. The molecule has 0 saturated carbocycles. The lowest BCUT2D eigenvalue weighted by Crippen LogP contribution is -2.26. The van der Waals surface area contributed by atoms with Gasteiger partial charge in [0.25, 0.3) is 0 Å². The third kappa shape index (κ3) is 7.40. The highest BCUT2D eigenvalue weighted by Gasteiger charge is 2.05. The van der Waals surface area contributed by atoms with Crippen molar-refractivity contribution in [3.05, 3.63) is 12.3 Å². The molecule has 0 bridgehead atoms. The summed E-state index contributed by atoms with van der Waals surface area (Å²) in [6, 6.07) is 0. The van der Waals surface area contributed by atoms with Gasteiger partial charge in [0.2, 0.25) is 0 Å². The summed E-state index contributed by atoms with van der Waals surface area (Å²) < 4.78 is 5.49. The van der Waals surface area contributed by atoms with Gasteiger partial charge in [0.1, 0.15) is 0 Å². The number of hydrogen-bond acceptors (Lipinski definition) is 3. The molecule has 15 heavy (non-hydrogen) atoms. The summed E-state index contributed by atoms with van der Waals surface area (Å²) in [5.41, 5.74) is 1.17. The van der Waals surface area contributed by atoms with Crippen molar-refractivity contribution in [3.8, 4) is 0 Å². The average Bonchev–Trinajstić information content (AvgIpc) is 2.21. The predicted octanol–water partition coefficient (Wildman–Crippen LogP) is 1.71. The summed E-state index contributed by atoms with van der Waals surface area (Å²) in [6.45, 7) is 14.9. The van der Waals surface area contributed by atoms with Crippen LogP contribution < -0.4 is 5.32 Å². The van der Waals surface area contributed by atoms with Crippen molar-refractivity contribution in [1.82, 2.24) is 10.2 Å². The molecule has 0 aliphatic heterocycles. The maximum atomic E-state index is 5.49. The summed E-state index contributed by atoms with van der Waals surface area (Å²) in [6.07, 6.45) is 0. The van der Waals surface area contributed by atoms with Gasteiger partial charge in [-0.25, -0.2) is 0 Å². The Balaban J connectivity index is 3.39. The highest BCUT2D eigenvalue weighted by Crippen LogP contribution is 2.09. The summed E-state index contributed by atoms with van der Waals surface area (Å²) in [4.78, 5) is 2.16. The Hall–Kier alpha value is -0.540. The van der Waals surface area contributed by atoms with Crippen LogP contribution in [-0.4, -0.2) is 44.8 Å². The van der Waals surface area contributed by atoms with E-state index in [0.29, 0.717) is 5.92 Å².